The second kappa shape index (κ2) is 12.5. The number of nitrogens with zero attached hydrogens (tertiary/aromatic N) is 2. The molecule has 0 saturated carbocycles. The van der Waals surface area contributed by atoms with E-state index in [9.17, 15) is 0 Å². The molecule has 0 aliphatic carbocycles. The second-order valence-corrected chi connectivity index (χ2v) is 13.4. The highest BCUT2D eigenvalue weighted by Crippen LogP contribution is 2.46. The van der Waals surface area contributed by atoms with Crippen LogP contribution in [0.5, 0.6) is 0 Å². The van der Waals surface area contributed by atoms with Gasteiger partial charge in [-0.05, 0) is 104 Å². The molecule has 0 aliphatic rings. The molecular weight excluding hydrogens is 629 g/mol. The van der Waals surface area contributed by atoms with Gasteiger partial charge in [0, 0.05) is 33.5 Å². The van der Waals surface area contributed by atoms with Crippen molar-refractivity contribution in [2.24, 2.45) is 0 Å². The Balaban J connectivity index is 1.08. The first-order chi connectivity index (χ1) is 25.8. The Morgan fingerprint density at radius 2 is 0.673 bits per heavy atom. The first-order valence-electron chi connectivity index (χ1n) is 17.9. The van der Waals surface area contributed by atoms with Crippen LogP contribution in [0.15, 0.2) is 206 Å². The maximum Gasteiger partial charge on any atom is 0.0540 e. The van der Waals surface area contributed by atoms with Gasteiger partial charge in [0.25, 0.3) is 0 Å². The number of hydrogen-bond donors (Lipinski definition) is 0. The van der Waals surface area contributed by atoms with Crippen LogP contribution < -0.4 is 9.80 Å². The number of benzene rings is 10. The van der Waals surface area contributed by atoms with Gasteiger partial charge in [-0.15, -0.1) is 0 Å². The van der Waals surface area contributed by atoms with Crippen LogP contribution >= 0.6 is 0 Å². The van der Waals surface area contributed by atoms with Gasteiger partial charge in [0.1, 0.15) is 0 Å². The lowest BCUT2D eigenvalue weighted by Gasteiger charge is -2.29. The van der Waals surface area contributed by atoms with Crippen molar-refractivity contribution in [3.05, 3.63) is 206 Å². The zero-order valence-corrected chi connectivity index (χ0v) is 28.5. The third kappa shape index (κ3) is 5.04. The van der Waals surface area contributed by atoms with E-state index in [2.05, 4.69) is 216 Å². The molecule has 0 heterocycles. The summed E-state index contributed by atoms with van der Waals surface area (Å²) in [7, 11) is 0. The SMILES string of the molecule is c1ccc(N(c2ccccc2)c2ccc(-c3ccc(N(c4cccc5ccccc45)c4ccc5ccc6cccc7ccc4c5c67)cc3)cc2)cc1. The lowest BCUT2D eigenvalue weighted by Crippen LogP contribution is -2.11. The van der Waals surface area contributed by atoms with Gasteiger partial charge < -0.3 is 9.80 Å². The average Bonchev–Trinajstić information content (AvgIpc) is 3.22. The Bertz CT molecular complexity index is 2760. The minimum Gasteiger partial charge on any atom is -0.311 e. The Morgan fingerprint density at radius 1 is 0.231 bits per heavy atom. The predicted octanol–water partition coefficient (Wildman–Crippen LogP) is 14.3. The minimum absolute atomic E-state index is 1.12. The molecule has 10 rings (SSSR count). The largest absolute Gasteiger partial charge is 0.311 e. The normalized spacial score (nSPS) is 11.5. The third-order valence-electron chi connectivity index (χ3n) is 10.4. The van der Waals surface area contributed by atoms with Crippen molar-refractivity contribution < 1.29 is 0 Å². The highest BCUT2D eigenvalue weighted by atomic mass is 15.1. The highest BCUT2D eigenvalue weighted by molar-refractivity contribution is 6.26. The van der Waals surface area contributed by atoms with Gasteiger partial charge in [-0.3, -0.25) is 0 Å². The molecule has 244 valence electrons. The number of para-hydroxylation sites is 2. The third-order valence-corrected chi connectivity index (χ3v) is 10.4. The van der Waals surface area contributed by atoms with Gasteiger partial charge in [0.15, 0.2) is 0 Å². The van der Waals surface area contributed by atoms with Crippen molar-refractivity contribution in [3.63, 3.8) is 0 Å². The van der Waals surface area contributed by atoms with Gasteiger partial charge in [-0.2, -0.15) is 0 Å². The topological polar surface area (TPSA) is 6.48 Å². The number of rotatable bonds is 7. The summed E-state index contributed by atoms with van der Waals surface area (Å²) in [6, 6.07) is 74.6. The Labute approximate surface area is 303 Å². The summed E-state index contributed by atoms with van der Waals surface area (Å²) in [6.45, 7) is 0. The molecule has 52 heavy (non-hydrogen) atoms. The van der Waals surface area contributed by atoms with Crippen molar-refractivity contribution >= 4 is 77.2 Å². The molecule has 0 fully saturated rings. The number of anilines is 6. The van der Waals surface area contributed by atoms with Gasteiger partial charge in [0.2, 0.25) is 0 Å². The summed E-state index contributed by atoms with van der Waals surface area (Å²) < 4.78 is 0. The van der Waals surface area contributed by atoms with E-state index in [1.807, 2.05) is 0 Å². The van der Waals surface area contributed by atoms with Crippen molar-refractivity contribution in [2.75, 3.05) is 9.80 Å². The number of fused-ring (bicyclic) bond motifs is 1. The van der Waals surface area contributed by atoms with Crippen LogP contribution in [0, 0.1) is 0 Å². The first-order valence-corrected chi connectivity index (χ1v) is 17.9. The van der Waals surface area contributed by atoms with E-state index in [0.717, 1.165) is 28.4 Å². The molecule has 0 amide bonds. The minimum atomic E-state index is 1.12. The monoisotopic (exact) mass is 662 g/mol. The smallest absolute Gasteiger partial charge is 0.0540 e. The maximum atomic E-state index is 2.44. The molecule has 0 spiro atoms. The standard InChI is InChI=1S/C50H34N2/c1-3-15-41(16-4-1)51(42-17-5-2-6-18-42)43-29-23-35(24-30-43)36-25-31-44(32-26-36)52(47-20-10-12-37-11-7-8-19-45(37)47)48-34-28-40-22-21-38-13-9-14-39-27-33-46(48)50(40)49(38)39/h1-34H. The molecule has 0 radical (unpaired) electrons. The van der Waals surface area contributed by atoms with Gasteiger partial charge in [-0.1, -0.05) is 146 Å². The van der Waals surface area contributed by atoms with E-state index in [-0.39, 0.29) is 0 Å². The van der Waals surface area contributed by atoms with Gasteiger partial charge in [-0.25, -0.2) is 0 Å². The zero-order chi connectivity index (χ0) is 34.4. The van der Waals surface area contributed by atoms with Gasteiger partial charge in [0.05, 0.1) is 11.4 Å². The molecule has 0 atom stereocenters. The summed E-state index contributed by atoms with van der Waals surface area (Å²) in [5.41, 5.74) is 9.18. The lowest BCUT2D eigenvalue weighted by atomic mass is 9.93. The van der Waals surface area contributed by atoms with Crippen LogP contribution in [0.25, 0.3) is 54.2 Å². The molecule has 0 N–H and O–H groups in total. The van der Waals surface area contributed by atoms with Crippen LogP contribution in [-0.2, 0) is 0 Å². The molecule has 0 aromatic heterocycles. The first kappa shape index (κ1) is 30.0. The van der Waals surface area contributed by atoms with E-state index in [1.54, 1.807) is 0 Å². The summed E-state index contributed by atoms with van der Waals surface area (Å²) in [5.74, 6) is 0. The molecule has 2 heteroatoms. The van der Waals surface area contributed by atoms with Crippen LogP contribution in [0.3, 0.4) is 0 Å². The molecule has 0 saturated heterocycles. The van der Waals surface area contributed by atoms with Crippen LogP contribution in [-0.4, -0.2) is 0 Å². The quantitative estimate of drug-likeness (QED) is 0.157. The molecule has 0 bridgehead atoms. The fraction of sp³-hybridized carbons (Fsp3) is 0. The Hall–Kier alpha value is -6.90. The lowest BCUT2D eigenvalue weighted by molar-refractivity contribution is 1.28. The fourth-order valence-corrected chi connectivity index (χ4v) is 7.93. The zero-order valence-electron chi connectivity index (χ0n) is 28.5. The molecule has 10 aromatic rings. The molecule has 10 aromatic carbocycles. The van der Waals surface area contributed by atoms with Crippen molar-refractivity contribution in [3.8, 4) is 11.1 Å². The highest BCUT2D eigenvalue weighted by Gasteiger charge is 2.20. The molecule has 0 aliphatic heterocycles. The van der Waals surface area contributed by atoms with E-state index >= 15 is 0 Å². The summed E-state index contributed by atoms with van der Waals surface area (Å²) >= 11 is 0. The Morgan fingerprint density at radius 3 is 1.33 bits per heavy atom. The maximum absolute atomic E-state index is 2.44. The molecular formula is C50H34N2. The average molecular weight is 663 g/mol. The van der Waals surface area contributed by atoms with E-state index < -0.39 is 0 Å². The van der Waals surface area contributed by atoms with Crippen LogP contribution in [0.1, 0.15) is 0 Å². The van der Waals surface area contributed by atoms with Crippen molar-refractivity contribution in [1.82, 2.24) is 0 Å². The fourth-order valence-electron chi connectivity index (χ4n) is 7.93. The number of hydrogen-bond acceptors (Lipinski definition) is 2. The Kier molecular flexibility index (Phi) is 7.18. The summed E-state index contributed by atoms with van der Waals surface area (Å²) in [6.07, 6.45) is 0. The predicted molar refractivity (Wildman–Crippen MR) is 222 cm³/mol. The van der Waals surface area contributed by atoms with Crippen molar-refractivity contribution in [1.29, 1.82) is 0 Å². The van der Waals surface area contributed by atoms with Crippen molar-refractivity contribution in [2.45, 2.75) is 0 Å². The van der Waals surface area contributed by atoms with E-state index in [0.29, 0.717) is 0 Å². The van der Waals surface area contributed by atoms with E-state index in [1.165, 1.54) is 59.9 Å². The van der Waals surface area contributed by atoms with Crippen LogP contribution in [0.4, 0.5) is 34.1 Å². The van der Waals surface area contributed by atoms with E-state index in [4.69, 9.17) is 0 Å². The van der Waals surface area contributed by atoms with Crippen LogP contribution in [0.2, 0.25) is 0 Å². The second-order valence-electron chi connectivity index (χ2n) is 13.4. The summed E-state index contributed by atoms with van der Waals surface area (Å²) in [4.78, 5) is 4.74. The summed E-state index contributed by atoms with van der Waals surface area (Å²) in [5, 5.41) is 10.1. The van der Waals surface area contributed by atoms with Gasteiger partial charge >= 0.3 is 0 Å². The molecule has 0 unspecified atom stereocenters. The molecule has 2 nitrogen and oxygen atoms in total.